The lowest BCUT2D eigenvalue weighted by Gasteiger charge is -2.09. The van der Waals surface area contributed by atoms with E-state index in [4.69, 9.17) is 15.2 Å². The SMILES string of the molecule is NCCC(=O)NCCc1ccc2c(c1)OCCCO2. The maximum absolute atomic E-state index is 11.3. The summed E-state index contributed by atoms with van der Waals surface area (Å²) in [5.41, 5.74) is 6.43. The van der Waals surface area contributed by atoms with E-state index in [0.717, 1.165) is 29.9 Å². The summed E-state index contributed by atoms with van der Waals surface area (Å²) in [6, 6.07) is 5.91. The molecule has 1 heterocycles. The van der Waals surface area contributed by atoms with Crippen LogP contribution in [0, 0.1) is 0 Å². The molecule has 0 fully saturated rings. The number of hydrogen-bond acceptors (Lipinski definition) is 4. The number of nitrogens with one attached hydrogen (secondary N) is 1. The number of nitrogens with two attached hydrogens (primary N) is 1. The Morgan fingerprint density at radius 2 is 2.05 bits per heavy atom. The second-order valence-corrected chi connectivity index (χ2v) is 4.47. The topological polar surface area (TPSA) is 73.6 Å². The average Bonchev–Trinajstić information content (AvgIpc) is 2.63. The van der Waals surface area contributed by atoms with Crippen molar-refractivity contribution in [3.8, 4) is 11.5 Å². The molecule has 0 spiro atoms. The molecule has 0 aliphatic carbocycles. The predicted octanol–water partition coefficient (Wildman–Crippen LogP) is 0.855. The molecule has 104 valence electrons. The highest BCUT2D eigenvalue weighted by molar-refractivity contribution is 5.76. The minimum atomic E-state index is -0.00292. The molecule has 1 amide bonds. The maximum atomic E-state index is 11.3. The van der Waals surface area contributed by atoms with Gasteiger partial charge in [-0.1, -0.05) is 6.07 Å². The largest absolute Gasteiger partial charge is 0.490 e. The molecular weight excluding hydrogens is 244 g/mol. The van der Waals surface area contributed by atoms with E-state index >= 15 is 0 Å². The van der Waals surface area contributed by atoms with Crippen LogP contribution in [0.15, 0.2) is 18.2 Å². The van der Waals surface area contributed by atoms with Crippen molar-refractivity contribution in [2.75, 3.05) is 26.3 Å². The van der Waals surface area contributed by atoms with Gasteiger partial charge < -0.3 is 20.5 Å². The number of carbonyl (C=O) groups excluding carboxylic acids is 1. The first-order valence-electron chi connectivity index (χ1n) is 6.65. The molecule has 5 nitrogen and oxygen atoms in total. The fourth-order valence-electron chi connectivity index (χ4n) is 1.93. The molecule has 0 aromatic heterocycles. The van der Waals surface area contributed by atoms with Crippen molar-refractivity contribution in [2.45, 2.75) is 19.3 Å². The number of hydrogen-bond donors (Lipinski definition) is 2. The third kappa shape index (κ3) is 4.13. The third-order valence-electron chi connectivity index (χ3n) is 2.92. The van der Waals surface area contributed by atoms with Gasteiger partial charge in [0.05, 0.1) is 13.2 Å². The van der Waals surface area contributed by atoms with Crippen molar-refractivity contribution in [3.63, 3.8) is 0 Å². The quantitative estimate of drug-likeness (QED) is 0.827. The van der Waals surface area contributed by atoms with Gasteiger partial charge in [-0.15, -0.1) is 0 Å². The van der Waals surface area contributed by atoms with Crippen LogP contribution in [-0.4, -0.2) is 32.2 Å². The first kappa shape index (κ1) is 13.7. The molecule has 1 aliphatic rings. The molecule has 0 saturated carbocycles. The van der Waals surface area contributed by atoms with Crippen molar-refractivity contribution in [1.29, 1.82) is 0 Å². The van der Waals surface area contributed by atoms with Crippen LogP contribution in [0.4, 0.5) is 0 Å². The zero-order valence-electron chi connectivity index (χ0n) is 11.0. The van der Waals surface area contributed by atoms with Gasteiger partial charge in [0, 0.05) is 25.9 Å². The highest BCUT2D eigenvalue weighted by Gasteiger charge is 2.10. The van der Waals surface area contributed by atoms with Gasteiger partial charge in [0.15, 0.2) is 11.5 Å². The van der Waals surface area contributed by atoms with Gasteiger partial charge in [-0.25, -0.2) is 0 Å². The molecule has 0 atom stereocenters. The Kier molecular flexibility index (Phi) is 5.03. The van der Waals surface area contributed by atoms with E-state index in [1.807, 2.05) is 18.2 Å². The summed E-state index contributed by atoms with van der Waals surface area (Å²) >= 11 is 0. The number of amides is 1. The van der Waals surface area contributed by atoms with Crippen LogP contribution in [0.1, 0.15) is 18.4 Å². The van der Waals surface area contributed by atoms with Crippen LogP contribution in [0.2, 0.25) is 0 Å². The molecule has 19 heavy (non-hydrogen) atoms. The standard InChI is InChI=1S/C14H20N2O3/c15-6-4-14(17)16-7-5-11-2-3-12-13(10-11)19-9-1-8-18-12/h2-3,10H,1,4-9,15H2,(H,16,17). The van der Waals surface area contributed by atoms with Gasteiger partial charge in [-0.3, -0.25) is 4.79 Å². The molecule has 3 N–H and O–H groups in total. The van der Waals surface area contributed by atoms with Crippen LogP contribution in [0.25, 0.3) is 0 Å². The Labute approximate surface area is 113 Å². The van der Waals surface area contributed by atoms with Crippen molar-refractivity contribution in [1.82, 2.24) is 5.32 Å². The van der Waals surface area contributed by atoms with E-state index in [9.17, 15) is 4.79 Å². The fraction of sp³-hybridized carbons (Fsp3) is 0.500. The van der Waals surface area contributed by atoms with Crippen LogP contribution in [-0.2, 0) is 11.2 Å². The summed E-state index contributed by atoms with van der Waals surface area (Å²) in [7, 11) is 0. The van der Waals surface area contributed by atoms with E-state index in [1.165, 1.54) is 0 Å². The molecule has 1 aromatic rings. The van der Waals surface area contributed by atoms with Crippen molar-refractivity contribution in [2.24, 2.45) is 5.73 Å². The highest BCUT2D eigenvalue weighted by atomic mass is 16.5. The molecule has 5 heteroatoms. The Morgan fingerprint density at radius 3 is 2.84 bits per heavy atom. The molecule has 0 radical (unpaired) electrons. The molecule has 1 aromatic carbocycles. The van der Waals surface area contributed by atoms with Gasteiger partial charge in [0.25, 0.3) is 0 Å². The molecule has 0 saturated heterocycles. The summed E-state index contributed by atoms with van der Waals surface area (Å²) in [4.78, 5) is 11.3. The maximum Gasteiger partial charge on any atom is 0.221 e. The van der Waals surface area contributed by atoms with Crippen LogP contribution in [0.5, 0.6) is 11.5 Å². The number of ether oxygens (including phenoxy) is 2. The van der Waals surface area contributed by atoms with Gasteiger partial charge in [-0.2, -0.15) is 0 Å². The second kappa shape index (κ2) is 6.99. The normalized spacial score (nSPS) is 13.7. The van der Waals surface area contributed by atoms with E-state index in [1.54, 1.807) is 0 Å². The van der Waals surface area contributed by atoms with Crippen LogP contribution < -0.4 is 20.5 Å². The van der Waals surface area contributed by atoms with Crippen molar-refractivity contribution < 1.29 is 14.3 Å². The Morgan fingerprint density at radius 1 is 1.26 bits per heavy atom. The van der Waals surface area contributed by atoms with Crippen LogP contribution >= 0.6 is 0 Å². The predicted molar refractivity (Wildman–Crippen MR) is 72.4 cm³/mol. The lowest BCUT2D eigenvalue weighted by Crippen LogP contribution is -2.27. The number of carbonyl (C=O) groups is 1. The summed E-state index contributed by atoms with van der Waals surface area (Å²) in [5.74, 6) is 1.59. The highest BCUT2D eigenvalue weighted by Crippen LogP contribution is 2.30. The summed E-state index contributed by atoms with van der Waals surface area (Å²) in [6.07, 6.45) is 2.05. The van der Waals surface area contributed by atoms with E-state index in [0.29, 0.717) is 32.7 Å². The van der Waals surface area contributed by atoms with E-state index in [-0.39, 0.29) is 5.91 Å². The van der Waals surface area contributed by atoms with Crippen molar-refractivity contribution in [3.05, 3.63) is 23.8 Å². The first-order valence-corrected chi connectivity index (χ1v) is 6.65. The second-order valence-electron chi connectivity index (χ2n) is 4.47. The average molecular weight is 264 g/mol. The van der Waals surface area contributed by atoms with Gasteiger partial charge in [-0.05, 0) is 24.1 Å². The number of rotatable bonds is 5. The lowest BCUT2D eigenvalue weighted by molar-refractivity contribution is -0.120. The molecule has 0 unspecified atom stereocenters. The molecular formula is C14H20N2O3. The van der Waals surface area contributed by atoms with E-state index in [2.05, 4.69) is 5.32 Å². The Balaban J connectivity index is 1.87. The minimum Gasteiger partial charge on any atom is -0.490 e. The minimum absolute atomic E-state index is 0.00292. The number of benzene rings is 1. The van der Waals surface area contributed by atoms with Crippen LogP contribution in [0.3, 0.4) is 0 Å². The summed E-state index contributed by atoms with van der Waals surface area (Å²) in [5, 5.41) is 2.83. The number of fused-ring (bicyclic) bond motifs is 1. The lowest BCUT2D eigenvalue weighted by atomic mass is 10.1. The monoisotopic (exact) mass is 264 g/mol. The third-order valence-corrected chi connectivity index (χ3v) is 2.92. The molecule has 2 rings (SSSR count). The zero-order valence-corrected chi connectivity index (χ0v) is 11.0. The molecule has 0 bridgehead atoms. The summed E-state index contributed by atoms with van der Waals surface area (Å²) < 4.78 is 11.2. The Bertz CT molecular complexity index is 435. The van der Waals surface area contributed by atoms with Gasteiger partial charge in [0.1, 0.15) is 0 Å². The van der Waals surface area contributed by atoms with Gasteiger partial charge >= 0.3 is 0 Å². The first-order chi connectivity index (χ1) is 9.29. The fourth-order valence-corrected chi connectivity index (χ4v) is 1.93. The summed E-state index contributed by atoms with van der Waals surface area (Å²) in [6.45, 7) is 2.37. The van der Waals surface area contributed by atoms with Gasteiger partial charge in [0.2, 0.25) is 5.91 Å². The smallest absolute Gasteiger partial charge is 0.221 e. The zero-order chi connectivity index (χ0) is 13.5. The Hall–Kier alpha value is -1.75. The van der Waals surface area contributed by atoms with E-state index < -0.39 is 0 Å². The van der Waals surface area contributed by atoms with Crippen molar-refractivity contribution >= 4 is 5.91 Å². The molecule has 1 aliphatic heterocycles.